The van der Waals surface area contributed by atoms with Crippen molar-refractivity contribution < 1.29 is 4.79 Å². The van der Waals surface area contributed by atoms with Crippen molar-refractivity contribution in [2.24, 2.45) is 5.73 Å². The van der Waals surface area contributed by atoms with E-state index in [-0.39, 0.29) is 5.91 Å². The predicted octanol–water partition coefficient (Wildman–Crippen LogP) is 0.946. The Bertz CT molecular complexity index is 312. The zero-order chi connectivity index (χ0) is 10.4. The summed E-state index contributed by atoms with van der Waals surface area (Å²) in [5.41, 5.74) is 12.2. The van der Waals surface area contributed by atoms with Crippen molar-refractivity contribution in [1.82, 2.24) is 0 Å². The van der Waals surface area contributed by atoms with Gasteiger partial charge >= 0.3 is 0 Å². The second-order valence-corrected chi connectivity index (χ2v) is 3.03. The number of nitrogens with two attached hydrogens (primary N) is 2. The first-order valence-corrected chi connectivity index (χ1v) is 4.58. The van der Waals surface area contributed by atoms with Gasteiger partial charge in [0.25, 0.3) is 0 Å². The molecule has 0 saturated heterocycles. The smallest absolute Gasteiger partial charge is 0.224 e. The highest BCUT2D eigenvalue weighted by Crippen LogP contribution is 2.16. The van der Waals surface area contributed by atoms with Gasteiger partial charge in [0.05, 0.1) is 11.4 Å². The van der Waals surface area contributed by atoms with Crippen molar-refractivity contribution in [2.75, 3.05) is 17.6 Å². The third kappa shape index (κ3) is 3.06. The first kappa shape index (κ1) is 10.5. The highest BCUT2D eigenvalue weighted by atomic mass is 16.1. The molecule has 0 bridgehead atoms. The van der Waals surface area contributed by atoms with Crippen LogP contribution < -0.4 is 16.8 Å². The van der Waals surface area contributed by atoms with Gasteiger partial charge in [-0.2, -0.15) is 0 Å². The zero-order valence-electron chi connectivity index (χ0n) is 7.99. The van der Waals surface area contributed by atoms with Gasteiger partial charge in [0.1, 0.15) is 0 Å². The SMILES string of the molecule is NCCCC(=O)Nc1ccccc1N. The molecule has 0 aliphatic heterocycles. The maximum atomic E-state index is 11.3. The van der Waals surface area contributed by atoms with Gasteiger partial charge < -0.3 is 16.8 Å². The van der Waals surface area contributed by atoms with E-state index in [0.29, 0.717) is 30.8 Å². The van der Waals surface area contributed by atoms with Crippen LogP contribution in [0.2, 0.25) is 0 Å². The second-order valence-electron chi connectivity index (χ2n) is 3.03. The molecule has 0 unspecified atom stereocenters. The molecule has 0 atom stereocenters. The van der Waals surface area contributed by atoms with Gasteiger partial charge in [0.2, 0.25) is 5.91 Å². The molecule has 1 amide bonds. The third-order valence-electron chi connectivity index (χ3n) is 1.84. The van der Waals surface area contributed by atoms with Gasteiger partial charge in [0, 0.05) is 6.42 Å². The molecular formula is C10H15N3O. The van der Waals surface area contributed by atoms with E-state index >= 15 is 0 Å². The van der Waals surface area contributed by atoms with Crippen LogP contribution in [-0.2, 0) is 4.79 Å². The Balaban J connectivity index is 2.52. The van der Waals surface area contributed by atoms with E-state index in [9.17, 15) is 4.79 Å². The molecule has 1 aromatic rings. The number of hydrogen-bond acceptors (Lipinski definition) is 3. The van der Waals surface area contributed by atoms with E-state index in [4.69, 9.17) is 11.5 Å². The number of para-hydroxylation sites is 2. The largest absolute Gasteiger partial charge is 0.397 e. The second kappa shape index (κ2) is 5.24. The average Bonchev–Trinajstić information content (AvgIpc) is 2.18. The molecule has 5 N–H and O–H groups in total. The Morgan fingerprint density at radius 3 is 2.71 bits per heavy atom. The molecule has 0 saturated carbocycles. The Labute approximate surface area is 83.3 Å². The van der Waals surface area contributed by atoms with E-state index in [1.54, 1.807) is 12.1 Å². The van der Waals surface area contributed by atoms with Crippen molar-refractivity contribution in [3.05, 3.63) is 24.3 Å². The number of nitrogen functional groups attached to an aromatic ring is 1. The normalized spacial score (nSPS) is 9.79. The first-order valence-electron chi connectivity index (χ1n) is 4.58. The summed E-state index contributed by atoms with van der Waals surface area (Å²) in [5.74, 6) is -0.0478. The van der Waals surface area contributed by atoms with Crippen molar-refractivity contribution in [3.63, 3.8) is 0 Å². The number of carbonyl (C=O) groups excluding carboxylic acids is 1. The van der Waals surface area contributed by atoms with E-state index in [1.165, 1.54) is 0 Å². The fourth-order valence-electron chi connectivity index (χ4n) is 1.09. The van der Waals surface area contributed by atoms with Crippen LogP contribution in [-0.4, -0.2) is 12.5 Å². The number of amides is 1. The average molecular weight is 193 g/mol. The molecule has 0 heterocycles. The van der Waals surface area contributed by atoms with E-state index < -0.39 is 0 Å². The fourth-order valence-corrected chi connectivity index (χ4v) is 1.09. The summed E-state index contributed by atoms with van der Waals surface area (Å²) >= 11 is 0. The number of anilines is 2. The molecule has 4 nitrogen and oxygen atoms in total. The lowest BCUT2D eigenvalue weighted by Crippen LogP contribution is -2.14. The van der Waals surface area contributed by atoms with Gasteiger partial charge in [-0.25, -0.2) is 0 Å². The van der Waals surface area contributed by atoms with Crippen molar-refractivity contribution in [1.29, 1.82) is 0 Å². The van der Waals surface area contributed by atoms with Crippen molar-refractivity contribution in [2.45, 2.75) is 12.8 Å². The van der Waals surface area contributed by atoms with Gasteiger partial charge in [-0.3, -0.25) is 4.79 Å². The Kier molecular flexibility index (Phi) is 3.94. The molecule has 0 aliphatic carbocycles. The minimum atomic E-state index is -0.0478. The van der Waals surface area contributed by atoms with Gasteiger partial charge in [0.15, 0.2) is 0 Å². The van der Waals surface area contributed by atoms with Crippen LogP contribution in [0.3, 0.4) is 0 Å². The summed E-state index contributed by atoms with van der Waals surface area (Å²) in [6.07, 6.45) is 1.13. The fraction of sp³-hybridized carbons (Fsp3) is 0.300. The summed E-state index contributed by atoms with van der Waals surface area (Å²) in [4.78, 5) is 11.3. The number of rotatable bonds is 4. The first-order chi connectivity index (χ1) is 6.74. The molecule has 1 rings (SSSR count). The van der Waals surface area contributed by atoms with Crippen LogP contribution in [0.5, 0.6) is 0 Å². The summed E-state index contributed by atoms with van der Waals surface area (Å²) in [5, 5.41) is 2.73. The standard InChI is InChI=1S/C10H15N3O/c11-7-3-6-10(14)13-9-5-2-1-4-8(9)12/h1-2,4-5H,3,6-7,11-12H2,(H,13,14). The minimum Gasteiger partial charge on any atom is -0.397 e. The molecule has 14 heavy (non-hydrogen) atoms. The monoisotopic (exact) mass is 193 g/mol. The number of nitrogens with one attached hydrogen (secondary N) is 1. The molecule has 1 aromatic carbocycles. The topological polar surface area (TPSA) is 81.1 Å². The van der Waals surface area contributed by atoms with Crippen LogP contribution in [0.15, 0.2) is 24.3 Å². The Morgan fingerprint density at radius 1 is 1.36 bits per heavy atom. The summed E-state index contributed by atoms with van der Waals surface area (Å²) < 4.78 is 0. The number of carbonyl (C=O) groups is 1. The third-order valence-corrected chi connectivity index (χ3v) is 1.84. The minimum absolute atomic E-state index is 0.0478. The summed E-state index contributed by atoms with van der Waals surface area (Å²) in [7, 11) is 0. The van der Waals surface area contributed by atoms with Crippen molar-refractivity contribution in [3.8, 4) is 0 Å². The highest BCUT2D eigenvalue weighted by Gasteiger charge is 2.03. The van der Waals surface area contributed by atoms with Crippen LogP contribution in [0.25, 0.3) is 0 Å². The van der Waals surface area contributed by atoms with Crippen LogP contribution in [0, 0.1) is 0 Å². The zero-order valence-corrected chi connectivity index (χ0v) is 7.99. The maximum absolute atomic E-state index is 11.3. The van der Waals surface area contributed by atoms with Crippen molar-refractivity contribution >= 4 is 17.3 Å². The molecule has 0 spiro atoms. The maximum Gasteiger partial charge on any atom is 0.224 e. The van der Waals surface area contributed by atoms with Gasteiger partial charge in [-0.1, -0.05) is 12.1 Å². The van der Waals surface area contributed by atoms with Gasteiger partial charge in [-0.15, -0.1) is 0 Å². The van der Waals surface area contributed by atoms with E-state index in [0.717, 1.165) is 0 Å². The summed E-state index contributed by atoms with van der Waals surface area (Å²) in [6.45, 7) is 0.525. The number of benzene rings is 1. The molecule has 0 radical (unpaired) electrons. The molecule has 0 fully saturated rings. The molecular weight excluding hydrogens is 178 g/mol. The quantitative estimate of drug-likeness (QED) is 0.622. The molecule has 0 aliphatic rings. The van der Waals surface area contributed by atoms with Crippen LogP contribution in [0.1, 0.15) is 12.8 Å². The molecule has 0 aromatic heterocycles. The summed E-state index contributed by atoms with van der Waals surface area (Å²) in [6, 6.07) is 7.17. The van der Waals surface area contributed by atoms with Gasteiger partial charge in [-0.05, 0) is 25.1 Å². The van der Waals surface area contributed by atoms with Crippen LogP contribution >= 0.6 is 0 Å². The lowest BCUT2D eigenvalue weighted by molar-refractivity contribution is -0.116. The highest BCUT2D eigenvalue weighted by molar-refractivity contribution is 5.93. The molecule has 4 heteroatoms. The Hall–Kier alpha value is -1.55. The molecule has 76 valence electrons. The lowest BCUT2D eigenvalue weighted by Gasteiger charge is -2.06. The van der Waals surface area contributed by atoms with E-state index in [2.05, 4.69) is 5.32 Å². The number of hydrogen-bond donors (Lipinski definition) is 3. The van der Waals surface area contributed by atoms with E-state index in [1.807, 2.05) is 12.1 Å². The van der Waals surface area contributed by atoms with Crippen LogP contribution in [0.4, 0.5) is 11.4 Å². The predicted molar refractivity (Wildman–Crippen MR) is 57.8 cm³/mol. The Morgan fingerprint density at radius 2 is 2.07 bits per heavy atom. The lowest BCUT2D eigenvalue weighted by atomic mass is 10.2.